The summed E-state index contributed by atoms with van der Waals surface area (Å²) in [6.45, 7) is 1.82. The molecule has 0 aromatic heterocycles. The first kappa shape index (κ1) is 14.6. The van der Waals surface area contributed by atoms with Crippen LogP contribution in [0, 0.1) is 11.8 Å². The number of hydrogen-bond acceptors (Lipinski definition) is 3. The molecule has 1 aromatic carbocycles. The van der Waals surface area contributed by atoms with Crippen LogP contribution < -0.4 is 5.32 Å². The van der Waals surface area contributed by atoms with Crippen molar-refractivity contribution in [1.29, 1.82) is 0 Å². The zero-order valence-corrected chi connectivity index (χ0v) is 11.4. The molecule has 96 valence electrons. The van der Waals surface area contributed by atoms with Crippen molar-refractivity contribution in [3.63, 3.8) is 0 Å². The molecule has 0 aliphatic rings. The van der Waals surface area contributed by atoms with E-state index < -0.39 is 0 Å². The van der Waals surface area contributed by atoms with Gasteiger partial charge < -0.3 is 10.4 Å². The zero-order chi connectivity index (χ0) is 13.4. The number of aliphatic hydroxyl groups excluding tert-OH is 1. The molecule has 1 amide bonds. The second kappa shape index (κ2) is 7.80. The van der Waals surface area contributed by atoms with Gasteiger partial charge in [-0.3, -0.25) is 4.79 Å². The predicted molar refractivity (Wildman–Crippen MR) is 75.7 cm³/mol. The third kappa shape index (κ3) is 4.82. The van der Waals surface area contributed by atoms with Crippen molar-refractivity contribution in [2.75, 3.05) is 18.6 Å². The highest BCUT2D eigenvalue weighted by Crippen LogP contribution is 2.04. The Balaban J connectivity index is 2.64. The minimum atomic E-state index is -0.158. The molecule has 1 aromatic rings. The van der Waals surface area contributed by atoms with Crippen LogP contribution in [0.1, 0.15) is 22.8 Å². The van der Waals surface area contributed by atoms with E-state index in [0.717, 1.165) is 11.3 Å². The molecule has 0 bridgehead atoms. The van der Waals surface area contributed by atoms with Crippen molar-refractivity contribution < 1.29 is 9.90 Å². The maximum atomic E-state index is 11.9. The molecule has 2 N–H and O–H groups in total. The van der Waals surface area contributed by atoms with Crippen LogP contribution in [0.25, 0.3) is 0 Å². The number of rotatable bonds is 4. The van der Waals surface area contributed by atoms with E-state index >= 15 is 0 Å². The van der Waals surface area contributed by atoms with E-state index in [2.05, 4.69) is 17.2 Å². The predicted octanol–water partition coefficient (Wildman–Crippen LogP) is 1.51. The lowest BCUT2D eigenvalue weighted by molar-refractivity contribution is 0.0944. The van der Waals surface area contributed by atoms with E-state index in [4.69, 9.17) is 5.11 Å². The highest BCUT2D eigenvalue weighted by Gasteiger charge is 2.08. The molecule has 3 nitrogen and oxygen atoms in total. The topological polar surface area (TPSA) is 49.3 Å². The lowest BCUT2D eigenvalue weighted by atomic mass is 10.1. The molecule has 0 heterocycles. The minimum Gasteiger partial charge on any atom is -0.384 e. The summed E-state index contributed by atoms with van der Waals surface area (Å²) in [6, 6.07) is 7.18. The molecule has 1 atom stereocenters. The average Bonchev–Trinajstić information content (AvgIpc) is 2.37. The average molecular weight is 263 g/mol. The van der Waals surface area contributed by atoms with Crippen molar-refractivity contribution in [3.05, 3.63) is 35.4 Å². The summed E-state index contributed by atoms with van der Waals surface area (Å²) >= 11 is 1.70. The fraction of sp³-hybridized carbons (Fsp3) is 0.357. The summed E-state index contributed by atoms with van der Waals surface area (Å²) in [6.07, 6.45) is 2.01. The van der Waals surface area contributed by atoms with Crippen LogP contribution in [0.3, 0.4) is 0 Å². The van der Waals surface area contributed by atoms with Crippen molar-refractivity contribution in [2.24, 2.45) is 0 Å². The largest absolute Gasteiger partial charge is 0.384 e. The van der Waals surface area contributed by atoms with E-state index in [9.17, 15) is 4.79 Å². The molecular formula is C14H17NO2S. The van der Waals surface area contributed by atoms with E-state index in [0.29, 0.717) is 5.56 Å². The van der Waals surface area contributed by atoms with Gasteiger partial charge in [0.1, 0.15) is 6.61 Å². The van der Waals surface area contributed by atoms with Gasteiger partial charge in [-0.25, -0.2) is 0 Å². The third-order valence-electron chi connectivity index (χ3n) is 2.25. The standard InChI is InChI=1S/C14H17NO2S/c1-11(10-18-2)15-14(17)13-7-5-12(6-8-13)4-3-9-16/h5-8,11,16H,9-10H2,1-2H3,(H,15,17). The Bertz CT molecular complexity index is 445. The van der Waals surface area contributed by atoms with Crippen LogP contribution in [0.2, 0.25) is 0 Å². The highest BCUT2D eigenvalue weighted by molar-refractivity contribution is 7.98. The fourth-order valence-electron chi connectivity index (χ4n) is 1.45. The molecule has 0 radical (unpaired) electrons. The van der Waals surface area contributed by atoms with Gasteiger partial charge in [0.15, 0.2) is 0 Å². The van der Waals surface area contributed by atoms with Gasteiger partial charge in [-0.1, -0.05) is 11.8 Å². The molecule has 0 spiro atoms. The lowest BCUT2D eigenvalue weighted by Gasteiger charge is -2.12. The van der Waals surface area contributed by atoms with Crippen LogP contribution >= 0.6 is 11.8 Å². The summed E-state index contributed by atoms with van der Waals surface area (Å²) in [4.78, 5) is 11.9. The van der Waals surface area contributed by atoms with Crippen LogP contribution in [0.4, 0.5) is 0 Å². The molecular weight excluding hydrogens is 246 g/mol. The Labute approximate surface area is 112 Å². The van der Waals surface area contributed by atoms with Crippen molar-refractivity contribution in [3.8, 4) is 11.8 Å². The highest BCUT2D eigenvalue weighted by atomic mass is 32.2. The first-order valence-corrected chi connectivity index (χ1v) is 7.06. The van der Waals surface area contributed by atoms with Crippen LogP contribution in [0.5, 0.6) is 0 Å². The summed E-state index contributed by atoms with van der Waals surface area (Å²) in [5, 5.41) is 11.5. The molecule has 18 heavy (non-hydrogen) atoms. The number of amides is 1. The maximum Gasteiger partial charge on any atom is 0.251 e. The third-order valence-corrected chi connectivity index (χ3v) is 3.09. The SMILES string of the molecule is CSCC(C)NC(=O)c1ccc(C#CCO)cc1. The van der Waals surface area contributed by atoms with Crippen molar-refractivity contribution >= 4 is 17.7 Å². The summed E-state index contributed by atoms with van der Waals surface area (Å²) in [5.41, 5.74) is 1.41. The Kier molecular flexibility index (Phi) is 6.34. The van der Waals surface area contributed by atoms with Gasteiger partial charge in [-0.05, 0) is 37.4 Å². The first-order valence-electron chi connectivity index (χ1n) is 5.67. The van der Waals surface area contributed by atoms with Gasteiger partial charge in [-0.2, -0.15) is 11.8 Å². The Hall–Kier alpha value is -1.44. The van der Waals surface area contributed by atoms with E-state index in [1.54, 1.807) is 36.0 Å². The summed E-state index contributed by atoms with van der Waals surface area (Å²) in [7, 11) is 0. The Morgan fingerprint density at radius 1 is 1.44 bits per heavy atom. The number of carbonyl (C=O) groups is 1. The molecule has 1 rings (SSSR count). The molecule has 0 aliphatic heterocycles. The van der Waals surface area contributed by atoms with Crippen LogP contribution in [-0.2, 0) is 0 Å². The fourth-order valence-corrected chi connectivity index (χ4v) is 2.03. The Morgan fingerprint density at radius 2 is 2.11 bits per heavy atom. The summed E-state index contributed by atoms with van der Waals surface area (Å²) < 4.78 is 0. The van der Waals surface area contributed by atoms with Gasteiger partial charge in [-0.15, -0.1) is 0 Å². The van der Waals surface area contributed by atoms with Crippen molar-refractivity contribution in [1.82, 2.24) is 5.32 Å². The number of carbonyl (C=O) groups excluding carboxylic acids is 1. The molecule has 0 fully saturated rings. The van der Waals surface area contributed by atoms with E-state index in [-0.39, 0.29) is 18.6 Å². The van der Waals surface area contributed by atoms with Crippen molar-refractivity contribution in [2.45, 2.75) is 13.0 Å². The molecule has 0 saturated heterocycles. The quantitative estimate of drug-likeness (QED) is 0.810. The first-order chi connectivity index (χ1) is 8.67. The monoisotopic (exact) mass is 263 g/mol. The lowest BCUT2D eigenvalue weighted by Crippen LogP contribution is -2.34. The summed E-state index contributed by atoms with van der Waals surface area (Å²) in [5.74, 6) is 6.17. The van der Waals surface area contributed by atoms with Gasteiger partial charge in [0.05, 0.1) is 0 Å². The van der Waals surface area contributed by atoms with Crippen LogP contribution in [0.15, 0.2) is 24.3 Å². The van der Waals surface area contributed by atoms with E-state index in [1.807, 2.05) is 13.2 Å². The van der Waals surface area contributed by atoms with Crippen LogP contribution in [-0.4, -0.2) is 35.7 Å². The van der Waals surface area contributed by atoms with E-state index in [1.165, 1.54) is 0 Å². The smallest absolute Gasteiger partial charge is 0.251 e. The number of nitrogens with one attached hydrogen (secondary N) is 1. The zero-order valence-electron chi connectivity index (χ0n) is 10.6. The number of hydrogen-bond donors (Lipinski definition) is 2. The van der Waals surface area contributed by atoms with Gasteiger partial charge in [0.25, 0.3) is 5.91 Å². The van der Waals surface area contributed by atoms with Gasteiger partial charge in [0.2, 0.25) is 0 Å². The van der Waals surface area contributed by atoms with Gasteiger partial charge >= 0.3 is 0 Å². The number of aliphatic hydroxyl groups is 1. The molecule has 1 unspecified atom stereocenters. The van der Waals surface area contributed by atoms with Gasteiger partial charge in [0, 0.05) is 22.9 Å². The minimum absolute atomic E-state index is 0.0711. The number of thioether (sulfide) groups is 1. The second-order valence-corrected chi connectivity index (χ2v) is 4.78. The maximum absolute atomic E-state index is 11.9. The molecule has 4 heteroatoms. The number of benzene rings is 1. The molecule has 0 saturated carbocycles. The normalized spacial score (nSPS) is 11.3. The Morgan fingerprint density at radius 3 is 2.67 bits per heavy atom. The molecule has 0 aliphatic carbocycles. The second-order valence-electron chi connectivity index (χ2n) is 3.87.